The Hall–Kier alpha value is -0.450. The molecule has 0 fully saturated rings. The first-order valence-electron chi connectivity index (χ1n) is 4.79. The Morgan fingerprint density at radius 3 is 2.88 bits per heavy atom. The van der Waals surface area contributed by atoms with Gasteiger partial charge in [-0.15, -0.1) is 0 Å². The van der Waals surface area contributed by atoms with E-state index in [0.717, 1.165) is 23.1 Å². The molecule has 0 unspecified atom stereocenters. The molecule has 0 atom stereocenters. The Balaban J connectivity index is 2.36. The molecule has 1 heterocycles. The summed E-state index contributed by atoms with van der Waals surface area (Å²) in [4.78, 5) is 4.23. The fourth-order valence-corrected chi connectivity index (χ4v) is 2.63. The van der Waals surface area contributed by atoms with E-state index >= 15 is 0 Å². The van der Waals surface area contributed by atoms with Gasteiger partial charge in [0.05, 0.1) is 22.3 Å². The minimum Gasteiger partial charge on any atom is -0.354 e. The zero-order valence-corrected chi connectivity index (χ0v) is 11.7. The van der Waals surface area contributed by atoms with E-state index in [1.54, 1.807) is 0 Å². The Labute approximate surface area is 112 Å². The molecule has 2 rings (SSSR count). The smallest absolute Gasteiger partial charge is 0.196 e. The van der Waals surface area contributed by atoms with Crippen molar-refractivity contribution in [3.63, 3.8) is 0 Å². The second kappa shape index (κ2) is 4.82. The van der Waals surface area contributed by atoms with E-state index in [1.165, 1.54) is 0 Å². The molecule has 1 aromatic carbocycles. The lowest BCUT2D eigenvalue weighted by Crippen LogP contribution is -2.26. The van der Waals surface area contributed by atoms with E-state index in [0.29, 0.717) is 21.7 Å². The van der Waals surface area contributed by atoms with Gasteiger partial charge in [0.2, 0.25) is 0 Å². The van der Waals surface area contributed by atoms with Gasteiger partial charge in [-0.05, 0) is 18.6 Å². The number of anilines is 1. The minimum absolute atomic E-state index is 0.568. The number of nitrogens with zero attached hydrogens (tertiary/aromatic N) is 1. The zero-order valence-electron chi connectivity index (χ0n) is 8.57. The van der Waals surface area contributed by atoms with Crippen LogP contribution in [0, 0.1) is 6.92 Å². The maximum atomic E-state index is 6.22. The van der Waals surface area contributed by atoms with E-state index in [-0.39, 0.29) is 0 Å². The molecule has 0 aromatic heterocycles. The summed E-state index contributed by atoms with van der Waals surface area (Å²) in [6, 6.07) is 1.82. The molecule has 1 aliphatic rings. The number of guanidine groups is 1. The molecule has 0 radical (unpaired) electrons. The number of hydrogen-bond acceptors (Lipinski definition) is 3. The molecule has 6 heteroatoms. The van der Waals surface area contributed by atoms with Gasteiger partial charge in [-0.1, -0.05) is 39.1 Å². The number of halogens is 3. The van der Waals surface area contributed by atoms with Gasteiger partial charge < -0.3 is 10.6 Å². The fourth-order valence-electron chi connectivity index (χ4n) is 1.40. The van der Waals surface area contributed by atoms with Gasteiger partial charge >= 0.3 is 0 Å². The van der Waals surface area contributed by atoms with Crippen molar-refractivity contribution >= 4 is 50.8 Å². The Morgan fingerprint density at radius 2 is 2.25 bits per heavy atom. The highest BCUT2D eigenvalue weighted by molar-refractivity contribution is 9.10. The topological polar surface area (TPSA) is 36.4 Å². The van der Waals surface area contributed by atoms with Crippen LogP contribution in [0.1, 0.15) is 5.56 Å². The van der Waals surface area contributed by atoms with Gasteiger partial charge in [0.15, 0.2) is 5.96 Å². The van der Waals surface area contributed by atoms with Gasteiger partial charge in [0.25, 0.3) is 0 Å². The molecule has 2 N–H and O–H groups in total. The van der Waals surface area contributed by atoms with Crippen LogP contribution in [0.5, 0.6) is 0 Å². The largest absolute Gasteiger partial charge is 0.354 e. The van der Waals surface area contributed by atoms with E-state index in [9.17, 15) is 0 Å². The predicted octanol–water partition coefficient (Wildman–Crippen LogP) is 3.44. The lowest BCUT2D eigenvalue weighted by Gasteiger charge is -2.13. The second-order valence-corrected chi connectivity index (χ2v) is 5.08. The normalized spacial score (nSPS) is 14.6. The van der Waals surface area contributed by atoms with Crippen LogP contribution < -0.4 is 10.6 Å². The molecular weight excluding hydrogens is 313 g/mol. The monoisotopic (exact) mass is 321 g/mol. The van der Waals surface area contributed by atoms with Crippen molar-refractivity contribution in [3.05, 3.63) is 26.1 Å². The summed E-state index contributed by atoms with van der Waals surface area (Å²) >= 11 is 15.7. The molecule has 16 heavy (non-hydrogen) atoms. The van der Waals surface area contributed by atoms with Gasteiger partial charge in [0.1, 0.15) is 0 Å². The lowest BCUT2D eigenvalue weighted by molar-refractivity contribution is 0.959. The van der Waals surface area contributed by atoms with Crippen molar-refractivity contribution < 1.29 is 0 Å². The van der Waals surface area contributed by atoms with Crippen LogP contribution in [0.15, 0.2) is 15.5 Å². The summed E-state index contributed by atoms with van der Waals surface area (Å²) in [7, 11) is 0. The van der Waals surface area contributed by atoms with Gasteiger partial charge in [-0.3, -0.25) is 4.99 Å². The average molecular weight is 323 g/mol. The second-order valence-electron chi connectivity index (χ2n) is 3.44. The standard InChI is InChI=1S/C10H10BrCl2N3/c1-5-6(11)4-7(12)9(8(5)13)16-10-14-2-3-15-10/h4H,2-3H2,1H3,(H2,14,15,16). The zero-order chi connectivity index (χ0) is 11.7. The maximum Gasteiger partial charge on any atom is 0.196 e. The first-order valence-corrected chi connectivity index (χ1v) is 6.34. The van der Waals surface area contributed by atoms with E-state index < -0.39 is 0 Å². The summed E-state index contributed by atoms with van der Waals surface area (Å²) in [6.45, 7) is 3.54. The minimum atomic E-state index is 0.568. The van der Waals surface area contributed by atoms with Crippen molar-refractivity contribution in [2.24, 2.45) is 4.99 Å². The highest BCUT2D eigenvalue weighted by Crippen LogP contribution is 2.37. The van der Waals surface area contributed by atoms with Gasteiger partial charge in [-0.25, -0.2) is 0 Å². The number of nitrogens with one attached hydrogen (secondary N) is 2. The SMILES string of the molecule is Cc1c(Br)cc(Cl)c(NC2=NCCN2)c1Cl. The van der Waals surface area contributed by atoms with Gasteiger partial charge in [0, 0.05) is 11.0 Å². The van der Waals surface area contributed by atoms with Gasteiger partial charge in [-0.2, -0.15) is 0 Å². The van der Waals surface area contributed by atoms with Crippen LogP contribution >= 0.6 is 39.1 Å². The molecule has 0 bridgehead atoms. The Morgan fingerprint density at radius 1 is 1.50 bits per heavy atom. The van der Waals surface area contributed by atoms with Crippen molar-refractivity contribution in [3.8, 4) is 0 Å². The van der Waals surface area contributed by atoms with Crippen LogP contribution in [-0.4, -0.2) is 19.0 Å². The highest BCUT2D eigenvalue weighted by atomic mass is 79.9. The molecule has 0 amide bonds. The van der Waals surface area contributed by atoms with E-state index in [1.807, 2.05) is 13.0 Å². The Kier molecular flexibility index (Phi) is 3.62. The number of rotatable bonds is 1. The van der Waals surface area contributed by atoms with Crippen molar-refractivity contribution in [1.29, 1.82) is 0 Å². The van der Waals surface area contributed by atoms with Crippen LogP contribution in [0.3, 0.4) is 0 Å². The van der Waals surface area contributed by atoms with Crippen LogP contribution in [0.4, 0.5) is 5.69 Å². The summed E-state index contributed by atoms with van der Waals surface area (Å²) in [5, 5.41) is 7.38. The summed E-state index contributed by atoms with van der Waals surface area (Å²) < 4.78 is 0.898. The fraction of sp³-hybridized carbons (Fsp3) is 0.300. The quantitative estimate of drug-likeness (QED) is 0.831. The molecule has 1 aromatic rings. The van der Waals surface area contributed by atoms with Crippen molar-refractivity contribution in [2.75, 3.05) is 18.4 Å². The third kappa shape index (κ3) is 2.29. The molecule has 0 aliphatic carbocycles. The van der Waals surface area contributed by atoms with E-state index in [2.05, 4.69) is 31.6 Å². The lowest BCUT2D eigenvalue weighted by atomic mass is 10.2. The summed E-state index contributed by atoms with van der Waals surface area (Å²) in [5.41, 5.74) is 1.64. The molecular formula is C10H10BrCl2N3. The Bertz CT molecular complexity index is 460. The summed E-state index contributed by atoms with van der Waals surface area (Å²) in [5.74, 6) is 0.713. The third-order valence-electron chi connectivity index (χ3n) is 2.32. The van der Waals surface area contributed by atoms with Crippen LogP contribution in [-0.2, 0) is 0 Å². The predicted molar refractivity (Wildman–Crippen MR) is 72.8 cm³/mol. The molecule has 0 spiro atoms. The molecule has 0 saturated heterocycles. The maximum absolute atomic E-state index is 6.22. The molecule has 0 saturated carbocycles. The number of hydrogen-bond donors (Lipinski definition) is 2. The molecule has 1 aliphatic heterocycles. The molecule has 3 nitrogen and oxygen atoms in total. The van der Waals surface area contributed by atoms with Crippen molar-refractivity contribution in [1.82, 2.24) is 5.32 Å². The summed E-state index contributed by atoms with van der Waals surface area (Å²) in [6.07, 6.45) is 0. The van der Waals surface area contributed by atoms with E-state index in [4.69, 9.17) is 23.2 Å². The first-order chi connectivity index (χ1) is 7.59. The highest BCUT2D eigenvalue weighted by Gasteiger charge is 2.14. The number of aliphatic imine (C=N–C) groups is 1. The number of benzene rings is 1. The van der Waals surface area contributed by atoms with Crippen LogP contribution in [0.25, 0.3) is 0 Å². The third-order valence-corrected chi connectivity index (χ3v) is 3.91. The van der Waals surface area contributed by atoms with Crippen molar-refractivity contribution in [2.45, 2.75) is 6.92 Å². The van der Waals surface area contributed by atoms with Crippen LogP contribution in [0.2, 0.25) is 10.0 Å². The average Bonchev–Trinajstić information content (AvgIpc) is 2.74. The first kappa shape index (κ1) is 12.0. The molecule has 86 valence electrons.